The standard InChI is InChI=1S/C14H15NO4/c1-3-19-14(18)9-8-13(17)11-4-6-12(7-5-11)15-10(2)16/h4-9H,3H2,1-2H3,(H,15,16). The van der Waals surface area contributed by atoms with Crippen LogP contribution in [0, 0.1) is 0 Å². The van der Waals surface area contributed by atoms with Crippen LogP contribution in [0.4, 0.5) is 5.69 Å². The van der Waals surface area contributed by atoms with E-state index < -0.39 is 5.97 Å². The predicted octanol–water partition coefficient (Wildman–Crippen LogP) is 1.95. The summed E-state index contributed by atoms with van der Waals surface area (Å²) in [6.45, 7) is 3.36. The molecule has 1 rings (SSSR count). The van der Waals surface area contributed by atoms with Gasteiger partial charge in [0.15, 0.2) is 5.78 Å². The summed E-state index contributed by atoms with van der Waals surface area (Å²) in [4.78, 5) is 33.6. The van der Waals surface area contributed by atoms with Gasteiger partial charge in [-0.05, 0) is 37.3 Å². The lowest BCUT2D eigenvalue weighted by molar-refractivity contribution is -0.137. The number of anilines is 1. The molecule has 0 aliphatic carbocycles. The second kappa shape index (κ2) is 7.10. The Bertz CT molecular complexity index is 503. The molecule has 100 valence electrons. The normalized spacial score (nSPS) is 10.2. The first-order valence-corrected chi connectivity index (χ1v) is 5.79. The van der Waals surface area contributed by atoms with E-state index in [2.05, 4.69) is 10.1 Å². The minimum Gasteiger partial charge on any atom is -0.463 e. The molecule has 0 aliphatic heterocycles. The Balaban J connectivity index is 2.67. The van der Waals surface area contributed by atoms with Crippen molar-refractivity contribution in [3.8, 4) is 0 Å². The summed E-state index contributed by atoms with van der Waals surface area (Å²) in [5.41, 5.74) is 1.04. The molecule has 5 heteroatoms. The molecule has 1 amide bonds. The molecule has 1 aromatic rings. The maximum Gasteiger partial charge on any atom is 0.330 e. The van der Waals surface area contributed by atoms with Gasteiger partial charge in [0.25, 0.3) is 0 Å². The molecule has 0 bridgehead atoms. The van der Waals surface area contributed by atoms with E-state index >= 15 is 0 Å². The van der Waals surface area contributed by atoms with Crippen LogP contribution in [0.5, 0.6) is 0 Å². The van der Waals surface area contributed by atoms with E-state index in [4.69, 9.17) is 0 Å². The highest BCUT2D eigenvalue weighted by atomic mass is 16.5. The zero-order valence-corrected chi connectivity index (χ0v) is 10.8. The highest BCUT2D eigenvalue weighted by Crippen LogP contribution is 2.10. The predicted molar refractivity (Wildman–Crippen MR) is 70.8 cm³/mol. The fraction of sp³-hybridized carbons (Fsp3) is 0.214. The molecule has 19 heavy (non-hydrogen) atoms. The number of esters is 1. The van der Waals surface area contributed by atoms with E-state index in [0.717, 1.165) is 12.2 Å². The van der Waals surface area contributed by atoms with Crippen molar-refractivity contribution in [3.05, 3.63) is 42.0 Å². The van der Waals surface area contributed by atoms with Crippen molar-refractivity contribution in [3.63, 3.8) is 0 Å². The maximum atomic E-state index is 11.7. The number of hydrogen-bond acceptors (Lipinski definition) is 4. The van der Waals surface area contributed by atoms with Crippen molar-refractivity contribution in [2.45, 2.75) is 13.8 Å². The Morgan fingerprint density at radius 3 is 2.32 bits per heavy atom. The van der Waals surface area contributed by atoms with E-state index in [0.29, 0.717) is 11.3 Å². The van der Waals surface area contributed by atoms with Gasteiger partial charge in [-0.15, -0.1) is 0 Å². The van der Waals surface area contributed by atoms with Crippen molar-refractivity contribution < 1.29 is 19.1 Å². The molecular weight excluding hydrogens is 246 g/mol. The molecule has 0 spiro atoms. The van der Waals surface area contributed by atoms with Gasteiger partial charge in [-0.3, -0.25) is 9.59 Å². The number of hydrogen-bond donors (Lipinski definition) is 1. The number of nitrogens with one attached hydrogen (secondary N) is 1. The van der Waals surface area contributed by atoms with Gasteiger partial charge in [0.1, 0.15) is 0 Å². The Kier molecular flexibility index (Phi) is 5.47. The van der Waals surface area contributed by atoms with Gasteiger partial charge in [-0.2, -0.15) is 0 Å². The van der Waals surface area contributed by atoms with Crippen LogP contribution < -0.4 is 5.32 Å². The monoisotopic (exact) mass is 261 g/mol. The topological polar surface area (TPSA) is 72.5 Å². The Labute approximate surface area is 111 Å². The number of ether oxygens (including phenoxy) is 1. The van der Waals surface area contributed by atoms with E-state index in [9.17, 15) is 14.4 Å². The van der Waals surface area contributed by atoms with Crippen molar-refractivity contribution in [2.24, 2.45) is 0 Å². The first kappa shape index (κ1) is 14.6. The average molecular weight is 261 g/mol. The van der Waals surface area contributed by atoms with Crippen molar-refractivity contribution in [1.29, 1.82) is 0 Å². The number of ketones is 1. The lowest BCUT2D eigenvalue weighted by Gasteiger charge is -2.02. The molecule has 0 saturated heterocycles. The summed E-state index contributed by atoms with van der Waals surface area (Å²) in [6, 6.07) is 6.38. The van der Waals surface area contributed by atoms with Crippen molar-refractivity contribution in [2.75, 3.05) is 11.9 Å². The van der Waals surface area contributed by atoms with E-state index in [-0.39, 0.29) is 18.3 Å². The third-order valence-corrected chi connectivity index (χ3v) is 2.15. The average Bonchev–Trinajstić information content (AvgIpc) is 2.36. The number of carbonyl (C=O) groups is 3. The third-order valence-electron chi connectivity index (χ3n) is 2.15. The largest absolute Gasteiger partial charge is 0.463 e. The highest BCUT2D eigenvalue weighted by molar-refractivity contribution is 6.07. The van der Waals surface area contributed by atoms with Crippen molar-refractivity contribution in [1.82, 2.24) is 0 Å². The zero-order chi connectivity index (χ0) is 14.3. The Morgan fingerprint density at radius 1 is 1.16 bits per heavy atom. The number of allylic oxidation sites excluding steroid dienone is 1. The molecule has 1 N–H and O–H groups in total. The van der Waals surface area contributed by atoms with E-state index in [1.54, 1.807) is 31.2 Å². The molecule has 0 unspecified atom stereocenters. The number of rotatable bonds is 5. The molecule has 0 aromatic heterocycles. The summed E-state index contributed by atoms with van der Waals surface area (Å²) in [5.74, 6) is -1.03. The smallest absolute Gasteiger partial charge is 0.330 e. The van der Waals surface area contributed by atoms with Crippen LogP contribution >= 0.6 is 0 Å². The Morgan fingerprint density at radius 2 is 1.79 bits per heavy atom. The maximum absolute atomic E-state index is 11.7. The molecule has 0 saturated carbocycles. The van der Waals surface area contributed by atoms with Gasteiger partial charge < -0.3 is 10.1 Å². The summed E-state index contributed by atoms with van der Waals surface area (Å²) in [5, 5.41) is 2.60. The molecule has 0 heterocycles. The van der Waals surface area contributed by atoms with E-state index in [1.165, 1.54) is 6.92 Å². The quantitative estimate of drug-likeness (QED) is 0.499. The number of amides is 1. The fourth-order valence-corrected chi connectivity index (χ4v) is 1.35. The van der Waals surface area contributed by atoms with Crippen LogP contribution in [0.2, 0.25) is 0 Å². The molecular formula is C14H15NO4. The van der Waals surface area contributed by atoms with Crippen LogP contribution in [-0.2, 0) is 14.3 Å². The van der Waals surface area contributed by atoms with Crippen LogP contribution in [0.3, 0.4) is 0 Å². The summed E-state index contributed by atoms with van der Waals surface area (Å²) < 4.78 is 4.67. The first-order valence-electron chi connectivity index (χ1n) is 5.79. The Hall–Kier alpha value is -2.43. The number of carbonyl (C=O) groups excluding carboxylic acids is 3. The van der Waals surface area contributed by atoms with Gasteiger partial charge in [-0.25, -0.2) is 4.79 Å². The van der Waals surface area contributed by atoms with Gasteiger partial charge in [0.05, 0.1) is 6.61 Å². The van der Waals surface area contributed by atoms with Gasteiger partial charge in [-0.1, -0.05) is 0 Å². The lowest BCUT2D eigenvalue weighted by Crippen LogP contribution is -2.06. The fourth-order valence-electron chi connectivity index (χ4n) is 1.35. The van der Waals surface area contributed by atoms with Crippen LogP contribution in [0.25, 0.3) is 0 Å². The molecule has 0 atom stereocenters. The second-order valence-electron chi connectivity index (χ2n) is 3.71. The highest BCUT2D eigenvalue weighted by Gasteiger charge is 2.03. The second-order valence-corrected chi connectivity index (χ2v) is 3.71. The third kappa shape index (κ3) is 5.16. The van der Waals surface area contributed by atoms with Crippen LogP contribution in [-0.4, -0.2) is 24.3 Å². The van der Waals surface area contributed by atoms with Crippen LogP contribution in [0.1, 0.15) is 24.2 Å². The molecule has 5 nitrogen and oxygen atoms in total. The van der Waals surface area contributed by atoms with Gasteiger partial charge in [0, 0.05) is 24.3 Å². The molecule has 0 aliphatic rings. The summed E-state index contributed by atoms with van der Waals surface area (Å²) in [6.07, 6.45) is 2.25. The number of benzene rings is 1. The minimum atomic E-state index is -0.550. The van der Waals surface area contributed by atoms with E-state index in [1.807, 2.05) is 0 Å². The van der Waals surface area contributed by atoms with Crippen molar-refractivity contribution >= 4 is 23.3 Å². The SMILES string of the molecule is CCOC(=O)C=CC(=O)c1ccc(NC(C)=O)cc1. The minimum absolute atomic E-state index is 0.179. The zero-order valence-electron chi connectivity index (χ0n) is 10.8. The lowest BCUT2D eigenvalue weighted by atomic mass is 10.1. The van der Waals surface area contributed by atoms with Crippen LogP contribution in [0.15, 0.2) is 36.4 Å². The van der Waals surface area contributed by atoms with Gasteiger partial charge >= 0.3 is 5.97 Å². The summed E-state index contributed by atoms with van der Waals surface area (Å²) >= 11 is 0. The molecule has 0 radical (unpaired) electrons. The van der Waals surface area contributed by atoms with Gasteiger partial charge in [0.2, 0.25) is 5.91 Å². The molecule has 1 aromatic carbocycles. The molecule has 0 fully saturated rings. The first-order chi connectivity index (χ1) is 9.02. The summed E-state index contributed by atoms with van der Waals surface area (Å²) in [7, 11) is 0.